The van der Waals surface area contributed by atoms with Crippen LogP contribution in [0.1, 0.15) is 200 Å². The molecule has 0 N–H and O–H groups in total. The molecule has 5 unspecified atom stereocenters. The molecular weight excluding hydrogens is 540 g/mol. The largest absolute Gasteiger partial charge is 0.0996 e. The number of benzene rings is 1. The maximum absolute atomic E-state index is 4.01. The number of rotatable bonds is 13. The van der Waals surface area contributed by atoms with Crippen molar-refractivity contribution < 1.29 is 0 Å². The van der Waals surface area contributed by atoms with Crippen molar-refractivity contribution in [2.75, 3.05) is 0 Å². The minimum atomic E-state index is 0.362. The van der Waals surface area contributed by atoms with Gasteiger partial charge in [-0.15, -0.1) is 0 Å². The Morgan fingerprint density at radius 3 is 1.69 bits per heavy atom. The molecule has 0 saturated heterocycles. The van der Waals surface area contributed by atoms with E-state index in [0.717, 1.165) is 23.7 Å². The van der Waals surface area contributed by atoms with Crippen molar-refractivity contribution in [1.82, 2.24) is 0 Å². The summed E-state index contributed by atoms with van der Waals surface area (Å²) in [6, 6.07) is 4.94. The number of hydrogen-bond donors (Lipinski definition) is 0. The summed E-state index contributed by atoms with van der Waals surface area (Å²) < 4.78 is 0. The lowest BCUT2D eigenvalue weighted by Gasteiger charge is -2.54. The summed E-state index contributed by atoms with van der Waals surface area (Å²) in [6.45, 7) is 31.4. The van der Waals surface area contributed by atoms with Gasteiger partial charge in [0.15, 0.2) is 0 Å². The number of aryl methyl sites for hydroxylation is 3. The average molecular weight is 621 g/mol. The van der Waals surface area contributed by atoms with Crippen LogP contribution in [0.25, 0.3) is 0 Å². The van der Waals surface area contributed by atoms with Gasteiger partial charge in [0.1, 0.15) is 0 Å². The number of hydrogen-bond acceptors (Lipinski definition) is 0. The predicted octanol–water partition coefficient (Wildman–Crippen LogP) is 15.3. The van der Waals surface area contributed by atoms with Gasteiger partial charge < -0.3 is 0 Å². The molecule has 2 fully saturated rings. The van der Waals surface area contributed by atoms with Gasteiger partial charge in [0.2, 0.25) is 0 Å². The molecule has 0 radical (unpaired) electrons. The second-order valence-corrected chi connectivity index (χ2v) is 15.8. The van der Waals surface area contributed by atoms with Crippen molar-refractivity contribution in [3.8, 4) is 0 Å². The first-order valence-corrected chi connectivity index (χ1v) is 19.9. The zero-order chi connectivity index (χ0) is 34.0. The Labute approximate surface area is 284 Å². The maximum atomic E-state index is 4.01. The van der Waals surface area contributed by atoms with Crippen LogP contribution in [0, 0.1) is 42.9 Å². The molecule has 0 spiro atoms. The van der Waals surface area contributed by atoms with E-state index in [2.05, 4.69) is 94.0 Å². The van der Waals surface area contributed by atoms with Crippen LogP contribution in [-0.2, 0) is 6.42 Å². The zero-order valence-corrected chi connectivity index (χ0v) is 32.8. The fraction of sp³-hybridized carbons (Fsp3) is 0.778. The van der Waals surface area contributed by atoms with Gasteiger partial charge in [0, 0.05) is 5.92 Å². The molecule has 0 heterocycles. The number of allylic oxidation sites excluding steroid dienone is 3. The van der Waals surface area contributed by atoms with Gasteiger partial charge in [0.25, 0.3) is 0 Å². The van der Waals surface area contributed by atoms with Crippen LogP contribution in [-0.4, -0.2) is 0 Å². The van der Waals surface area contributed by atoms with Crippen molar-refractivity contribution in [3.63, 3.8) is 0 Å². The molecule has 0 bridgehead atoms. The van der Waals surface area contributed by atoms with Crippen LogP contribution < -0.4 is 0 Å². The van der Waals surface area contributed by atoms with Gasteiger partial charge >= 0.3 is 0 Å². The molecule has 1 aromatic rings. The SMILES string of the molecule is C=C1CC2C(CC)CC12.CC.CCCCCCCCCC.CCCCCc1cc(C)c(C2C=C(C)CCC2C(C)(C)C)c(C)c1. The van der Waals surface area contributed by atoms with E-state index in [4.69, 9.17) is 0 Å². The zero-order valence-electron chi connectivity index (χ0n) is 32.8. The molecule has 3 aliphatic rings. The summed E-state index contributed by atoms with van der Waals surface area (Å²) in [7, 11) is 0. The third kappa shape index (κ3) is 13.8. The fourth-order valence-corrected chi connectivity index (χ4v) is 8.20. The molecule has 2 saturated carbocycles. The van der Waals surface area contributed by atoms with Crippen molar-refractivity contribution in [3.05, 3.63) is 58.2 Å². The number of fused-ring (bicyclic) bond motifs is 1. The molecule has 0 aliphatic heterocycles. The Morgan fingerprint density at radius 2 is 1.27 bits per heavy atom. The molecule has 3 aliphatic carbocycles. The summed E-state index contributed by atoms with van der Waals surface area (Å²) in [4.78, 5) is 0. The van der Waals surface area contributed by atoms with E-state index in [1.54, 1.807) is 11.1 Å². The van der Waals surface area contributed by atoms with E-state index >= 15 is 0 Å². The molecule has 45 heavy (non-hydrogen) atoms. The van der Waals surface area contributed by atoms with Crippen LogP contribution in [0.2, 0.25) is 0 Å². The Bertz CT molecular complexity index is 937. The van der Waals surface area contributed by atoms with Crippen LogP contribution in [0.3, 0.4) is 0 Å². The Hall–Kier alpha value is -1.30. The highest BCUT2D eigenvalue weighted by atomic mass is 14.5. The van der Waals surface area contributed by atoms with Crippen molar-refractivity contribution >= 4 is 0 Å². The summed E-state index contributed by atoms with van der Waals surface area (Å²) in [6.07, 6.45) is 26.0. The topological polar surface area (TPSA) is 0 Å². The van der Waals surface area contributed by atoms with E-state index < -0.39 is 0 Å². The molecule has 1 aromatic carbocycles. The average Bonchev–Trinajstić information content (AvgIpc) is 2.99. The van der Waals surface area contributed by atoms with E-state index in [0.29, 0.717) is 11.3 Å². The Morgan fingerprint density at radius 1 is 0.756 bits per heavy atom. The first-order valence-electron chi connectivity index (χ1n) is 19.9. The molecule has 260 valence electrons. The smallest absolute Gasteiger partial charge is 0.00591 e. The monoisotopic (exact) mass is 621 g/mol. The molecule has 5 atom stereocenters. The first-order chi connectivity index (χ1) is 21.5. The quantitative estimate of drug-likeness (QED) is 0.152. The predicted molar refractivity (Wildman–Crippen MR) is 207 cm³/mol. The lowest BCUT2D eigenvalue weighted by atomic mass is 9.50. The van der Waals surface area contributed by atoms with Crippen molar-refractivity contribution in [2.45, 2.75) is 198 Å². The molecule has 4 rings (SSSR count). The highest BCUT2D eigenvalue weighted by Crippen LogP contribution is 2.57. The molecular formula is C45H80. The standard InChI is InChI=1S/C24H38.C10H22.C9H14.C2H6/c1-8-9-10-11-20-15-18(3)23(19(4)16-20)21-14-17(2)12-13-22(21)24(5,6)7;1-3-5-7-9-10-8-6-4-2;1-3-7-5-8-6(2)4-9(7)8;1-2/h14-16,21-22H,8-13H2,1-7H3;3-10H2,1-2H3;7-9H,2-5H2,1H3;1-2H3. The second kappa shape index (κ2) is 22.3. The van der Waals surface area contributed by atoms with Gasteiger partial charge in [-0.05, 0) is 111 Å². The van der Waals surface area contributed by atoms with E-state index in [1.807, 2.05) is 13.8 Å². The normalized spacial score (nSPS) is 23.4. The molecule has 0 aromatic heterocycles. The van der Waals surface area contributed by atoms with Crippen molar-refractivity contribution in [2.24, 2.45) is 29.1 Å². The van der Waals surface area contributed by atoms with Crippen LogP contribution >= 0.6 is 0 Å². The molecule has 0 amide bonds. The third-order valence-electron chi connectivity index (χ3n) is 11.1. The Balaban J connectivity index is 0.000000393. The van der Waals surface area contributed by atoms with Crippen LogP contribution in [0.5, 0.6) is 0 Å². The van der Waals surface area contributed by atoms with Gasteiger partial charge in [-0.25, -0.2) is 0 Å². The van der Waals surface area contributed by atoms with Gasteiger partial charge in [-0.3, -0.25) is 0 Å². The van der Waals surface area contributed by atoms with Crippen molar-refractivity contribution in [1.29, 1.82) is 0 Å². The van der Waals surface area contributed by atoms with E-state index in [9.17, 15) is 0 Å². The maximum Gasteiger partial charge on any atom is 0.00591 e. The van der Waals surface area contributed by atoms with Gasteiger partial charge in [-0.2, -0.15) is 0 Å². The highest BCUT2D eigenvalue weighted by molar-refractivity contribution is 5.44. The Kier molecular flexibility index (Phi) is 20.7. The van der Waals surface area contributed by atoms with Crippen LogP contribution in [0.15, 0.2) is 35.9 Å². The minimum Gasteiger partial charge on any atom is -0.0996 e. The lowest BCUT2D eigenvalue weighted by molar-refractivity contribution is 0.0340. The summed E-state index contributed by atoms with van der Waals surface area (Å²) in [5, 5.41) is 0. The van der Waals surface area contributed by atoms with Gasteiger partial charge in [0.05, 0.1) is 0 Å². The first kappa shape index (κ1) is 41.7. The summed E-state index contributed by atoms with van der Waals surface area (Å²) in [5.41, 5.74) is 9.62. The summed E-state index contributed by atoms with van der Waals surface area (Å²) >= 11 is 0. The molecule has 0 heteroatoms. The van der Waals surface area contributed by atoms with E-state index in [-0.39, 0.29) is 0 Å². The molecule has 0 nitrogen and oxygen atoms in total. The highest BCUT2D eigenvalue weighted by Gasteiger charge is 2.48. The third-order valence-corrected chi connectivity index (χ3v) is 11.1. The number of unbranched alkanes of at least 4 members (excludes halogenated alkanes) is 9. The fourth-order valence-electron chi connectivity index (χ4n) is 8.20. The van der Waals surface area contributed by atoms with Crippen LogP contribution in [0.4, 0.5) is 0 Å². The minimum absolute atomic E-state index is 0.362. The van der Waals surface area contributed by atoms with Gasteiger partial charge in [-0.1, -0.05) is 169 Å². The summed E-state index contributed by atoms with van der Waals surface area (Å²) in [5.74, 6) is 4.44. The lowest BCUT2D eigenvalue weighted by Crippen LogP contribution is -2.45. The second-order valence-electron chi connectivity index (χ2n) is 15.8. The van der Waals surface area contributed by atoms with E-state index in [1.165, 1.54) is 131 Å².